The Bertz CT molecular complexity index is 495. The van der Waals surface area contributed by atoms with Crippen LogP contribution in [0, 0.1) is 11.3 Å². The monoisotopic (exact) mass is 214 g/mol. The van der Waals surface area contributed by atoms with Crippen LogP contribution in [0.1, 0.15) is 5.69 Å². The highest BCUT2D eigenvalue weighted by atomic mass is 35.5. The van der Waals surface area contributed by atoms with E-state index in [1.807, 2.05) is 36.4 Å². The van der Waals surface area contributed by atoms with E-state index in [9.17, 15) is 0 Å². The van der Waals surface area contributed by atoms with Crippen molar-refractivity contribution in [1.82, 2.24) is 4.98 Å². The van der Waals surface area contributed by atoms with Gasteiger partial charge in [0.1, 0.15) is 11.8 Å². The SMILES string of the molecule is N#Cc1ccc(-c2ccc(Cl)cc2)cn1. The quantitative estimate of drug-likeness (QED) is 0.731. The Hall–Kier alpha value is -1.85. The zero-order valence-corrected chi connectivity index (χ0v) is 8.57. The van der Waals surface area contributed by atoms with Gasteiger partial charge in [-0.1, -0.05) is 23.7 Å². The third-order valence-corrected chi connectivity index (χ3v) is 2.31. The molecule has 0 aliphatic rings. The van der Waals surface area contributed by atoms with E-state index >= 15 is 0 Å². The fourth-order valence-electron chi connectivity index (χ4n) is 1.27. The largest absolute Gasteiger partial charge is 0.245 e. The first-order valence-electron chi connectivity index (χ1n) is 4.42. The van der Waals surface area contributed by atoms with Gasteiger partial charge in [-0.25, -0.2) is 4.98 Å². The van der Waals surface area contributed by atoms with E-state index in [1.54, 1.807) is 12.3 Å². The molecule has 0 fully saturated rings. The van der Waals surface area contributed by atoms with Gasteiger partial charge in [-0.3, -0.25) is 0 Å². The van der Waals surface area contributed by atoms with Crippen molar-refractivity contribution in [2.24, 2.45) is 0 Å². The lowest BCUT2D eigenvalue weighted by Gasteiger charge is -2.00. The Morgan fingerprint density at radius 2 is 1.67 bits per heavy atom. The zero-order chi connectivity index (χ0) is 10.7. The highest BCUT2D eigenvalue weighted by Crippen LogP contribution is 2.20. The zero-order valence-electron chi connectivity index (χ0n) is 7.81. The Morgan fingerprint density at radius 1 is 1.00 bits per heavy atom. The number of rotatable bonds is 1. The van der Waals surface area contributed by atoms with E-state index in [0.717, 1.165) is 11.1 Å². The molecule has 0 aliphatic carbocycles. The van der Waals surface area contributed by atoms with Crippen molar-refractivity contribution in [1.29, 1.82) is 5.26 Å². The molecule has 0 N–H and O–H groups in total. The Balaban J connectivity index is 2.38. The molecule has 1 heterocycles. The molecule has 0 atom stereocenters. The first kappa shape index (κ1) is 9.70. The minimum absolute atomic E-state index is 0.424. The van der Waals surface area contributed by atoms with Crippen molar-refractivity contribution in [3.63, 3.8) is 0 Å². The van der Waals surface area contributed by atoms with Crippen LogP contribution >= 0.6 is 11.6 Å². The predicted octanol–water partition coefficient (Wildman–Crippen LogP) is 3.27. The van der Waals surface area contributed by atoms with E-state index in [-0.39, 0.29) is 0 Å². The second kappa shape index (κ2) is 4.12. The minimum Gasteiger partial charge on any atom is -0.245 e. The van der Waals surface area contributed by atoms with Crippen LogP contribution < -0.4 is 0 Å². The number of hydrogen-bond acceptors (Lipinski definition) is 2. The highest BCUT2D eigenvalue weighted by Gasteiger charge is 1.98. The van der Waals surface area contributed by atoms with Crippen LogP contribution in [-0.2, 0) is 0 Å². The summed E-state index contributed by atoms with van der Waals surface area (Å²) in [4.78, 5) is 4.00. The van der Waals surface area contributed by atoms with Gasteiger partial charge in [-0.05, 0) is 29.8 Å². The van der Waals surface area contributed by atoms with Crippen LogP contribution in [0.25, 0.3) is 11.1 Å². The number of hydrogen-bond donors (Lipinski definition) is 0. The van der Waals surface area contributed by atoms with Gasteiger partial charge in [0.25, 0.3) is 0 Å². The second-order valence-corrected chi connectivity index (χ2v) is 3.49. The molecular weight excluding hydrogens is 208 g/mol. The summed E-state index contributed by atoms with van der Waals surface area (Å²) in [6.45, 7) is 0. The van der Waals surface area contributed by atoms with Gasteiger partial charge in [-0.15, -0.1) is 0 Å². The molecule has 1 aromatic carbocycles. The molecule has 2 aromatic rings. The van der Waals surface area contributed by atoms with Crippen LogP contribution in [0.5, 0.6) is 0 Å². The van der Waals surface area contributed by atoms with Gasteiger partial charge in [0, 0.05) is 16.8 Å². The molecule has 0 amide bonds. The molecule has 0 saturated carbocycles. The van der Waals surface area contributed by atoms with Gasteiger partial charge < -0.3 is 0 Å². The molecule has 2 rings (SSSR count). The van der Waals surface area contributed by atoms with Crippen molar-refractivity contribution in [2.45, 2.75) is 0 Å². The number of pyridine rings is 1. The molecule has 0 saturated heterocycles. The van der Waals surface area contributed by atoms with Crippen molar-refractivity contribution < 1.29 is 0 Å². The van der Waals surface area contributed by atoms with E-state index < -0.39 is 0 Å². The lowest BCUT2D eigenvalue weighted by atomic mass is 10.1. The second-order valence-electron chi connectivity index (χ2n) is 3.05. The molecule has 72 valence electrons. The Labute approximate surface area is 92.8 Å². The van der Waals surface area contributed by atoms with Crippen LogP contribution in [0.4, 0.5) is 0 Å². The van der Waals surface area contributed by atoms with Crippen LogP contribution in [0.15, 0.2) is 42.6 Å². The molecule has 0 bridgehead atoms. The summed E-state index contributed by atoms with van der Waals surface area (Å²) in [7, 11) is 0. The molecule has 0 aliphatic heterocycles. The number of halogens is 1. The van der Waals surface area contributed by atoms with Crippen molar-refractivity contribution >= 4 is 11.6 Å². The third kappa shape index (κ3) is 2.15. The van der Waals surface area contributed by atoms with Gasteiger partial charge in [0.2, 0.25) is 0 Å². The van der Waals surface area contributed by atoms with Gasteiger partial charge >= 0.3 is 0 Å². The average molecular weight is 215 g/mol. The first-order chi connectivity index (χ1) is 7.29. The molecule has 0 unspecified atom stereocenters. The summed E-state index contributed by atoms with van der Waals surface area (Å²) in [5.74, 6) is 0. The van der Waals surface area contributed by atoms with E-state index in [4.69, 9.17) is 16.9 Å². The molecule has 0 spiro atoms. The molecule has 15 heavy (non-hydrogen) atoms. The highest BCUT2D eigenvalue weighted by molar-refractivity contribution is 6.30. The molecule has 0 radical (unpaired) electrons. The molecular formula is C12H7ClN2. The van der Waals surface area contributed by atoms with Crippen LogP contribution in [0.3, 0.4) is 0 Å². The lowest BCUT2D eigenvalue weighted by molar-refractivity contribution is 1.26. The minimum atomic E-state index is 0.424. The fraction of sp³-hybridized carbons (Fsp3) is 0. The number of nitriles is 1. The maximum Gasteiger partial charge on any atom is 0.140 e. The Kier molecular flexibility index (Phi) is 2.66. The predicted molar refractivity (Wildman–Crippen MR) is 59.4 cm³/mol. The maximum atomic E-state index is 8.61. The maximum absolute atomic E-state index is 8.61. The summed E-state index contributed by atoms with van der Waals surface area (Å²) < 4.78 is 0. The lowest BCUT2D eigenvalue weighted by Crippen LogP contribution is -1.83. The fourth-order valence-corrected chi connectivity index (χ4v) is 1.40. The third-order valence-electron chi connectivity index (χ3n) is 2.06. The Morgan fingerprint density at radius 3 is 2.20 bits per heavy atom. The summed E-state index contributed by atoms with van der Waals surface area (Å²) >= 11 is 5.79. The van der Waals surface area contributed by atoms with Crippen molar-refractivity contribution in [3.8, 4) is 17.2 Å². The van der Waals surface area contributed by atoms with Crippen LogP contribution in [0.2, 0.25) is 5.02 Å². The number of aromatic nitrogens is 1. The standard InChI is InChI=1S/C12H7ClN2/c13-11-4-1-9(2-5-11)10-3-6-12(7-14)15-8-10/h1-6,8H. The van der Waals surface area contributed by atoms with Gasteiger partial charge in [0.15, 0.2) is 0 Å². The number of benzene rings is 1. The smallest absolute Gasteiger partial charge is 0.140 e. The van der Waals surface area contributed by atoms with E-state index in [0.29, 0.717) is 10.7 Å². The van der Waals surface area contributed by atoms with Crippen LogP contribution in [-0.4, -0.2) is 4.98 Å². The molecule has 2 nitrogen and oxygen atoms in total. The van der Waals surface area contributed by atoms with Crippen molar-refractivity contribution in [3.05, 3.63) is 53.3 Å². The van der Waals surface area contributed by atoms with E-state index in [1.165, 1.54) is 0 Å². The summed E-state index contributed by atoms with van der Waals surface area (Å²) in [6.07, 6.45) is 1.68. The van der Waals surface area contributed by atoms with Gasteiger partial charge in [0.05, 0.1) is 0 Å². The first-order valence-corrected chi connectivity index (χ1v) is 4.79. The summed E-state index contributed by atoms with van der Waals surface area (Å²) in [5.41, 5.74) is 2.44. The van der Waals surface area contributed by atoms with Crippen molar-refractivity contribution in [2.75, 3.05) is 0 Å². The van der Waals surface area contributed by atoms with E-state index in [2.05, 4.69) is 4.98 Å². The summed E-state index contributed by atoms with van der Waals surface area (Å²) in [6, 6.07) is 13.1. The average Bonchev–Trinajstić information content (AvgIpc) is 2.30. The molecule has 3 heteroatoms. The number of nitrogens with zero attached hydrogens (tertiary/aromatic N) is 2. The molecule has 1 aromatic heterocycles. The topological polar surface area (TPSA) is 36.7 Å². The summed E-state index contributed by atoms with van der Waals surface area (Å²) in [5, 5.41) is 9.31. The normalized spacial score (nSPS) is 9.60. The van der Waals surface area contributed by atoms with Gasteiger partial charge in [-0.2, -0.15) is 5.26 Å².